The Hall–Kier alpha value is -2.37. The molecule has 136 valence electrons. The summed E-state index contributed by atoms with van der Waals surface area (Å²) in [4.78, 5) is 30.6. The molecule has 3 aliphatic rings. The molecule has 2 aliphatic carbocycles. The number of carbonyl (C=O) groups excluding carboxylic acids is 2. The average molecular weight is 353 g/mol. The Morgan fingerprint density at radius 2 is 2.12 bits per heavy atom. The highest BCUT2D eigenvalue weighted by Crippen LogP contribution is 2.59. The minimum absolute atomic E-state index is 0.162. The summed E-state index contributed by atoms with van der Waals surface area (Å²) in [6.07, 6.45) is 8.76. The van der Waals surface area contributed by atoms with Gasteiger partial charge in [-0.3, -0.25) is 14.6 Å². The van der Waals surface area contributed by atoms with E-state index in [0.29, 0.717) is 41.0 Å². The molecule has 6 nitrogen and oxygen atoms in total. The normalized spacial score (nSPS) is 24.0. The standard InChI is InChI=1S/C20H23N3O3/c24-18(16-9-14-3-6-21-12-17(14)26-16)22-11-15-10-20(15)4-7-23(8-5-20)19(25)13-1-2-13/h3,6,9,12-13,15H,1-2,4-5,7-8,10-11H2,(H,22,24). The van der Waals surface area contributed by atoms with Gasteiger partial charge in [0.15, 0.2) is 11.3 Å². The number of hydrogen-bond donors (Lipinski definition) is 1. The van der Waals surface area contributed by atoms with Crippen molar-refractivity contribution in [3.05, 3.63) is 30.3 Å². The summed E-state index contributed by atoms with van der Waals surface area (Å²) in [6.45, 7) is 2.46. The van der Waals surface area contributed by atoms with Crippen molar-refractivity contribution in [1.29, 1.82) is 0 Å². The van der Waals surface area contributed by atoms with E-state index in [1.54, 1.807) is 18.5 Å². The quantitative estimate of drug-likeness (QED) is 0.917. The fraction of sp³-hybridized carbons (Fsp3) is 0.550. The lowest BCUT2D eigenvalue weighted by molar-refractivity contribution is -0.134. The molecule has 6 heteroatoms. The summed E-state index contributed by atoms with van der Waals surface area (Å²) in [7, 11) is 0. The number of likely N-dealkylation sites (tertiary alicyclic amines) is 1. The van der Waals surface area contributed by atoms with E-state index in [1.807, 2.05) is 6.07 Å². The molecule has 1 N–H and O–H groups in total. The van der Waals surface area contributed by atoms with Crippen LogP contribution in [-0.2, 0) is 4.79 Å². The number of nitrogens with one attached hydrogen (secondary N) is 1. The van der Waals surface area contributed by atoms with Crippen LogP contribution in [0.15, 0.2) is 28.9 Å². The molecule has 3 heterocycles. The highest BCUT2D eigenvalue weighted by atomic mass is 16.3. The summed E-state index contributed by atoms with van der Waals surface area (Å²) in [6, 6.07) is 3.60. The van der Waals surface area contributed by atoms with Crippen molar-refractivity contribution in [2.75, 3.05) is 19.6 Å². The van der Waals surface area contributed by atoms with Gasteiger partial charge in [0, 0.05) is 37.1 Å². The first-order chi connectivity index (χ1) is 12.6. The van der Waals surface area contributed by atoms with Crippen LogP contribution in [0.5, 0.6) is 0 Å². The van der Waals surface area contributed by atoms with Crippen molar-refractivity contribution >= 4 is 22.8 Å². The van der Waals surface area contributed by atoms with E-state index in [-0.39, 0.29) is 5.91 Å². The average Bonchev–Trinajstić information content (AvgIpc) is 3.57. The van der Waals surface area contributed by atoms with Crippen molar-refractivity contribution in [2.24, 2.45) is 17.3 Å². The number of amides is 2. The molecule has 1 aliphatic heterocycles. The maximum absolute atomic E-state index is 12.4. The molecular weight excluding hydrogens is 330 g/mol. The lowest BCUT2D eigenvalue weighted by atomic mass is 9.90. The van der Waals surface area contributed by atoms with Crippen LogP contribution < -0.4 is 5.32 Å². The number of rotatable bonds is 4. The zero-order chi connectivity index (χ0) is 17.7. The third-order valence-electron chi connectivity index (χ3n) is 6.41. The van der Waals surface area contributed by atoms with Crippen molar-refractivity contribution < 1.29 is 14.0 Å². The number of pyridine rings is 1. The molecule has 0 aromatic carbocycles. The maximum atomic E-state index is 12.4. The molecular formula is C20H23N3O3. The van der Waals surface area contributed by atoms with E-state index in [1.165, 1.54) is 0 Å². The van der Waals surface area contributed by atoms with Crippen molar-refractivity contribution in [3.8, 4) is 0 Å². The zero-order valence-electron chi connectivity index (χ0n) is 14.7. The Bertz CT molecular complexity index is 829. The lowest BCUT2D eigenvalue weighted by Crippen LogP contribution is -2.41. The van der Waals surface area contributed by atoms with Crippen LogP contribution in [-0.4, -0.2) is 41.3 Å². The van der Waals surface area contributed by atoms with Crippen LogP contribution in [0.3, 0.4) is 0 Å². The largest absolute Gasteiger partial charge is 0.449 e. The van der Waals surface area contributed by atoms with E-state index in [9.17, 15) is 9.59 Å². The SMILES string of the molecule is O=C(NCC1CC12CCN(C(=O)C1CC1)CC2)c1cc2ccncc2o1. The molecule has 1 unspecified atom stereocenters. The summed E-state index contributed by atoms with van der Waals surface area (Å²) in [5, 5.41) is 3.91. The highest BCUT2D eigenvalue weighted by Gasteiger charge is 2.55. The van der Waals surface area contributed by atoms with Crippen LogP contribution in [0.2, 0.25) is 0 Å². The lowest BCUT2D eigenvalue weighted by Gasteiger charge is -2.33. The van der Waals surface area contributed by atoms with Gasteiger partial charge in [-0.25, -0.2) is 0 Å². The molecule has 1 saturated heterocycles. The van der Waals surface area contributed by atoms with Gasteiger partial charge in [-0.2, -0.15) is 0 Å². The predicted octanol–water partition coefficient (Wildman–Crippen LogP) is 2.60. The summed E-state index contributed by atoms with van der Waals surface area (Å²) < 4.78 is 5.57. The molecule has 0 radical (unpaired) electrons. The fourth-order valence-electron chi connectivity index (χ4n) is 4.39. The van der Waals surface area contributed by atoms with Crippen LogP contribution in [0, 0.1) is 17.3 Å². The Balaban J connectivity index is 1.14. The molecule has 26 heavy (non-hydrogen) atoms. The number of carbonyl (C=O) groups is 2. The van der Waals surface area contributed by atoms with Crippen LogP contribution in [0.1, 0.15) is 42.7 Å². The zero-order valence-corrected chi connectivity index (χ0v) is 14.7. The first kappa shape index (κ1) is 15.9. The van der Waals surface area contributed by atoms with Crippen molar-refractivity contribution in [3.63, 3.8) is 0 Å². The molecule has 0 bridgehead atoms. The summed E-state index contributed by atoms with van der Waals surface area (Å²) in [5.74, 6) is 1.38. The van der Waals surface area contributed by atoms with Gasteiger partial charge >= 0.3 is 0 Å². The molecule has 2 amide bonds. The summed E-state index contributed by atoms with van der Waals surface area (Å²) in [5.41, 5.74) is 0.971. The van der Waals surface area contributed by atoms with E-state index >= 15 is 0 Å². The third kappa shape index (κ3) is 2.77. The van der Waals surface area contributed by atoms with Gasteiger partial charge in [-0.05, 0) is 55.6 Å². The minimum atomic E-state index is -0.162. The third-order valence-corrected chi connectivity index (χ3v) is 6.41. The topological polar surface area (TPSA) is 75.4 Å². The second-order valence-electron chi connectivity index (χ2n) is 8.10. The monoisotopic (exact) mass is 353 g/mol. The molecule has 1 atom stereocenters. The van der Waals surface area contributed by atoms with E-state index in [4.69, 9.17) is 4.42 Å². The Kier molecular flexibility index (Phi) is 3.55. The molecule has 2 saturated carbocycles. The second-order valence-corrected chi connectivity index (χ2v) is 8.10. The molecule has 1 spiro atoms. The number of furan rings is 1. The maximum Gasteiger partial charge on any atom is 0.287 e. The van der Waals surface area contributed by atoms with Gasteiger partial charge in [-0.15, -0.1) is 0 Å². The van der Waals surface area contributed by atoms with Gasteiger partial charge < -0.3 is 14.6 Å². The fourth-order valence-corrected chi connectivity index (χ4v) is 4.39. The van der Waals surface area contributed by atoms with Gasteiger partial charge in [0.1, 0.15) is 0 Å². The smallest absolute Gasteiger partial charge is 0.287 e. The molecule has 2 aromatic rings. The minimum Gasteiger partial charge on any atom is -0.449 e. The Labute approximate surface area is 151 Å². The number of aromatic nitrogens is 1. The number of nitrogens with zero attached hydrogens (tertiary/aromatic N) is 2. The first-order valence-electron chi connectivity index (χ1n) is 9.55. The second kappa shape index (κ2) is 5.83. The highest BCUT2D eigenvalue weighted by molar-refractivity contribution is 5.95. The molecule has 5 rings (SSSR count). The van der Waals surface area contributed by atoms with Gasteiger partial charge in [0.25, 0.3) is 5.91 Å². The van der Waals surface area contributed by atoms with Gasteiger partial charge in [-0.1, -0.05) is 0 Å². The number of fused-ring (bicyclic) bond motifs is 1. The van der Waals surface area contributed by atoms with E-state index < -0.39 is 0 Å². The summed E-state index contributed by atoms with van der Waals surface area (Å²) >= 11 is 0. The van der Waals surface area contributed by atoms with Gasteiger partial charge in [0.2, 0.25) is 5.91 Å². The van der Waals surface area contributed by atoms with Gasteiger partial charge in [0.05, 0.1) is 6.20 Å². The predicted molar refractivity (Wildman–Crippen MR) is 95.4 cm³/mol. The van der Waals surface area contributed by atoms with Crippen molar-refractivity contribution in [2.45, 2.75) is 32.1 Å². The molecule has 2 aromatic heterocycles. The Morgan fingerprint density at radius 1 is 1.31 bits per heavy atom. The van der Waals surface area contributed by atoms with Crippen LogP contribution >= 0.6 is 0 Å². The number of piperidine rings is 1. The van der Waals surface area contributed by atoms with Crippen LogP contribution in [0.25, 0.3) is 11.0 Å². The molecule has 3 fully saturated rings. The van der Waals surface area contributed by atoms with Crippen molar-refractivity contribution in [1.82, 2.24) is 15.2 Å². The van der Waals surface area contributed by atoms with E-state index in [2.05, 4.69) is 15.2 Å². The Morgan fingerprint density at radius 3 is 2.85 bits per heavy atom. The van der Waals surface area contributed by atoms with Crippen LogP contribution in [0.4, 0.5) is 0 Å². The van der Waals surface area contributed by atoms with E-state index in [0.717, 1.165) is 50.6 Å². The number of hydrogen-bond acceptors (Lipinski definition) is 4. The first-order valence-corrected chi connectivity index (χ1v) is 9.55.